The van der Waals surface area contributed by atoms with E-state index in [-0.39, 0.29) is 24.2 Å². The minimum absolute atomic E-state index is 0.0269. The van der Waals surface area contributed by atoms with Crippen LogP contribution in [-0.2, 0) is 17.5 Å². The molecule has 11 heteroatoms. The maximum absolute atomic E-state index is 13.6. The molecule has 44 heavy (non-hydrogen) atoms. The number of nitrogens with one attached hydrogen (secondary N) is 2. The molecule has 0 spiro atoms. The van der Waals surface area contributed by atoms with E-state index in [1.54, 1.807) is 63.5 Å². The third-order valence-electron chi connectivity index (χ3n) is 6.79. The molecule has 0 aliphatic rings. The first-order valence-electron chi connectivity index (χ1n) is 14.2. The fraction of sp³-hybridized carbons (Fsp3) is 0.333. The third kappa shape index (κ3) is 8.24. The molecule has 0 unspecified atom stereocenters. The number of hydrogen-bond acceptors (Lipinski definition) is 5. The number of halogens is 3. The Hall–Kier alpha value is -4.67. The largest absolute Gasteiger partial charge is 0.444 e. The molecule has 0 fully saturated rings. The van der Waals surface area contributed by atoms with E-state index < -0.39 is 29.5 Å². The number of amides is 2. The highest BCUT2D eigenvalue weighted by atomic mass is 19.4. The van der Waals surface area contributed by atoms with Gasteiger partial charge in [-0.3, -0.25) is 14.5 Å². The minimum Gasteiger partial charge on any atom is -0.444 e. The number of hydrogen-bond donors (Lipinski definition) is 2. The smallest absolute Gasteiger partial charge is 0.416 e. The Balaban J connectivity index is 1.51. The number of carbonyl (C=O) groups is 2. The molecular formula is C33H36F3N5O3. The Labute approximate surface area is 254 Å². The molecule has 0 saturated heterocycles. The van der Waals surface area contributed by atoms with E-state index in [0.29, 0.717) is 16.7 Å². The van der Waals surface area contributed by atoms with Gasteiger partial charge >= 0.3 is 12.3 Å². The van der Waals surface area contributed by atoms with Gasteiger partial charge in [0.25, 0.3) is 5.91 Å². The second kappa shape index (κ2) is 12.9. The van der Waals surface area contributed by atoms with Crippen molar-refractivity contribution in [3.63, 3.8) is 0 Å². The summed E-state index contributed by atoms with van der Waals surface area (Å²) >= 11 is 0. The highest BCUT2D eigenvalue weighted by Crippen LogP contribution is 2.34. The Morgan fingerprint density at radius 1 is 0.932 bits per heavy atom. The van der Waals surface area contributed by atoms with E-state index >= 15 is 0 Å². The second-order valence-corrected chi connectivity index (χ2v) is 11.8. The lowest BCUT2D eigenvalue weighted by Gasteiger charge is -2.20. The predicted octanol–water partition coefficient (Wildman–Crippen LogP) is 7.73. The number of nitrogens with zero attached hydrogens (tertiary/aromatic N) is 3. The SMILES string of the molecule is CC(C)n1cc(-c2ccnc(C(=O)N[C@H](C)c3ccc(-c4cc(C(F)(F)F)ccc4CNC(=O)OC(C)(C)C)cc3)c2)cn1. The Kier molecular flexibility index (Phi) is 9.46. The molecule has 2 aromatic heterocycles. The van der Waals surface area contributed by atoms with Crippen molar-refractivity contribution in [2.24, 2.45) is 0 Å². The first-order chi connectivity index (χ1) is 20.6. The quantitative estimate of drug-likeness (QED) is 0.214. The fourth-order valence-corrected chi connectivity index (χ4v) is 4.47. The lowest BCUT2D eigenvalue weighted by atomic mass is 9.95. The molecule has 2 aromatic carbocycles. The summed E-state index contributed by atoms with van der Waals surface area (Å²) in [4.78, 5) is 29.5. The van der Waals surface area contributed by atoms with Crippen molar-refractivity contribution in [2.75, 3.05) is 0 Å². The maximum Gasteiger partial charge on any atom is 0.416 e. The summed E-state index contributed by atoms with van der Waals surface area (Å²) in [5, 5.41) is 9.90. The first kappa shape index (κ1) is 32.2. The molecule has 0 bridgehead atoms. The lowest BCUT2D eigenvalue weighted by Crippen LogP contribution is -2.32. The molecule has 1 atom stereocenters. The Morgan fingerprint density at radius 2 is 1.64 bits per heavy atom. The molecule has 2 heterocycles. The van der Waals surface area contributed by atoms with Crippen LogP contribution >= 0.6 is 0 Å². The predicted molar refractivity (Wildman–Crippen MR) is 162 cm³/mol. The van der Waals surface area contributed by atoms with Gasteiger partial charge in [0.1, 0.15) is 11.3 Å². The van der Waals surface area contributed by atoms with Gasteiger partial charge in [0.15, 0.2) is 0 Å². The number of alkyl halides is 3. The molecule has 0 radical (unpaired) electrons. The molecule has 2 N–H and O–H groups in total. The molecule has 4 aromatic rings. The highest BCUT2D eigenvalue weighted by Gasteiger charge is 2.31. The molecule has 0 saturated carbocycles. The molecule has 0 aliphatic carbocycles. The van der Waals surface area contributed by atoms with Crippen LogP contribution in [0.4, 0.5) is 18.0 Å². The van der Waals surface area contributed by atoms with E-state index in [0.717, 1.165) is 28.8 Å². The summed E-state index contributed by atoms with van der Waals surface area (Å²) in [6, 6.07) is 13.6. The number of alkyl carbamates (subject to hydrolysis) is 1. The number of pyridine rings is 1. The van der Waals surface area contributed by atoms with Gasteiger partial charge in [0.05, 0.1) is 17.8 Å². The molecule has 0 aliphatic heterocycles. The van der Waals surface area contributed by atoms with Gasteiger partial charge in [-0.2, -0.15) is 18.3 Å². The van der Waals surface area contributed by atoms with Crippen LogP contribution in [0, 0.1) is 0 Å². The van der Waals surface area contributed by atoms with Gasteiger partial charge in [-0.05, 0) is 93.6 Å². The van der Waals surface area contributed by atoms with Crippen molar-refractivity contribution in [3.05, 3.63) is 95.6 Å². The number of benzene rings is 2. The summed E-state index contributed by atoms with van der Waals surface area (Å²) in [6.45, 7) is 11.0. The highest BCUT2D eigenvalue weighted by molar-refractivity contribution is 5.93. The molecule has 232 valence electrons. The number of rotatable bonds is 8. The maximum atomic E-state index is 13.6. The summed E-state index contributed by atoms with van der Waals surface area (Å²) < 4.78 is 47.8. The monoisotopic (exact) mass is 607 g/mol. The second-order valence-electron chi connectivity index (χ2n) is 11.8. The van der Waals surface area contributed by atoms with Crippen molar-refractivity contribution >= 4 is 12.0 Å². The van der Waals surface area contributed by atoms with Crippen molar-refractivity contribution in [1.82, 2.24) is 25.4 Å². The first-order valence-corrected chi connectivity index (χ1v) is 14.2. The molecule has 4 rings (SSSR count). The topological polar surface area (TPSA) is 98.1 Å². The summed E-state index contributed by atoms with van der Waals surface area (Å²) in [5.41, 5.74) is 2.49. The van der Waals surface area contributed by atoms with Crippen LogP contribution in [0.5, 0.6) is 0 Å². The van der Waals surface area contributed by atoms with E-state index in [4.69, 9.17) is 4.74 Å². The zero-order valence-corrected chi connectivity index (χ0v) is 25.5. The molecular weight excluding hydrogens is 571 g/mol. The van der Waals surface area contributed by atoms with Gasteiger partial charge in [-0.1, -0.05) is 30.3 Å². The van der Waals surface area contributed by atoms with Crippen molar-refractivity contribution < 1.29 is 27.5 Å². The zero-order valence-electron chi connectivity index (χ0n) is 25.5. The van der Waals surface area contributed by atoms with Crippen LogP contribution in [0.1, 0.15) is 80.8 Å². The van der Waals surface area contributed by atoms with Gasteiger partial charge in [0.2, 0.25) is 0 Å². The van der Waals surface area contributed by atoms with E-state index in [1.165, 1.54) is 6.07 Å². The molecule has 8 nitrogen and oxygen atoms in total. The van der Waals surface area contributed by atoms with Crippen molar-refractivity contribution in [1.29, 1.82) is 0 Å². The summed E-state index contributed by atoms with van der Waals surface area (Å²) in [5.74, 6) is -0.368. The van der Waals surface area contributed by atoms with E-state index in [1.807, 2.05) is 37.7 Å². The standard InChI is InChI=1S/C33H36F3N5O3/c1-20(2)41-19-26(18-39-41)24-13-14-37-29(15-24)30(42)40-21(3)22-7-9-23(10-8-22)28-16-27(33(34,35)36)12-11-25(28)17-38-31(43)44-32(4,5)6/h7-16,18-21H,17H2,1-6H3,(H,38,43)(H,40,42)/t21-/m1/s1. The Bertz CT molecular complexity index is 1620. The van der Waals surface area contributed by atoms with E-state index in [9.17, 15) is 22.8 Å². The fourth-order valence-electron chi connectivity index (χ4n) is 4.47. The van der Waals surface area contributed by atoms with Gasteiger partial charge in [-0.15, -0.1) is 0 Å². The number of ether oxygens (including phenoxy) is 1. The van der Waals surface area contributed by atoms with Crippen molar-refractivity contribution in [2.45, 2.75) is 71.9 Å². The third-order valence-corrected chi connectivity index (χ3v) is 6.79. The average Bonchev–Trinajstić information content (AvgIpc) is 3.46. The van der Waals surface area contributed by atoms with Crippen LogP contribution in [-0.4, -0.2) is 32.4 Å². The summed E-state index contributed by atoms with van der Waals surface area (Å²) in [6.07, 6.45) is 0.0137. The van der Waals surface area contributed by atoms with Crippen LogP contribution in [0.3, 0.4) is 0 Å². The molecule has 2 amide bonds. The number of carbonyl (C=O) groups excluding carboxylic acids is 2. The zero-order chi connectivity index (χ0) is 32.2. The van der Waals surface area contributed by atoms with Crippen molar-refractivity contribution in [3.8, 4) is 22.3 Å². The Morgan fingerprint density at radius 3 is 2.25 bits per heavy atom. The average molecular weight is 608 g/mol. The van der Waals surface area contributed by atoms with Gasteiger partial charge in [0, 0.05) is 30.5 Å². The van der Waals surface area contributed by atoms with Crippen LogP contribution < -0.4 is 10.6 Å². The van der Waals surface area contributed by atoms with Crippen LogP contribution in [0.25, 0.3) is 22.3 Å². The van der Waals surface area contributed by atoms with Crippen LogP contribution in [0.2, 0.25) is 0 Å². The summed E-state index contributed by atoms with van der Waals surface area (Å²) in [7, 11) is 0. The minimum atomic E-state index is -4.54. The van der Waals surface area contributed by atoms with E-state index in [2.05, 4.69) is 20.7 Å². The lowest BCUT2D eigenvalue weighted by molar-refractivity contribution is -0.137. The number of aromatic nitrogens is 3. The van der Waals surface area contributed by atoms with Gasteiger partial charge < -0.3 is 15.4 Å². The normalized spacial score (nSPS) is 12.6. The van der Waals surface area contributed by atoms with Crippen LogP contribution in [0.15, 0.2) is 73.2 Å². The van der Waals surface area contributed by atoms with Gasteiger partial charge in [-0.25, -0.2) is 4.79 Å².